The quantitative estimate of drug-likeness (QED) is 0.377. The van der Waals surface area contributed by atoms with Crippen molar-refractivity contribution >= 4 is 23.0 Å². The lowest BCUT2D eigenvalue weighted by Crippen LogP contribution is -2.54. The van der Waals surface area contributed by atoms with E-state index >= 15 is 0 Å². The van der Waals surface area contributed by atoms with E-state index in [9.17, 15) is 25.1 Å². The molecule has 11 nitrogen and oxygen atoms in total. The van der Waals surface area contributed by atoms with Crippen molar-refractivity contribution in [3.05, 3.63) is 47.8 Å². The summed E-state index contributed by atoms with van der Waals surface area (Å²) in [5, 5.41) is 40.4. The highest BCUT2D eigenvalue weighted by Gasteiger charge is 2.48. The third-order valence-corrected chi connectivity index (χ3v) is 8.56. The van der Waals surface area contributed by atoms with Crippen molar-refractivity contribution in [2.45, 2.75) is 62.2 Å². The van der Waals surface area contributed by atoms with Gasteiger partial charge in [-0.2, -0.15) is 10.4 Å². The average molecular weight is 530 g/mol. The van der Waals surface area contributed by atoms with Crippen LogP contribution in [0.3, 0.4) is 0 Å². The summed E-state index contributed by atoms with van der Waals surface area (Å²) in [5.41, 5.74) is 2.65. The van der Waals surface area contributed by atoms with E-state index in [2.05, 4.69) is 26.8 Å². The van der Waals surface area contributed by atoms with Crippen LogP contribution in [0.1, 0.15) is 60.9 Å². The fourth-order valence-corrected chi connectivity index (χ4v) is 6.10. The average Bonchev–Trinajstić information content (AvgIpc) is 3.58. The second-order valence-corrected chi connectivity index (χ2v) is 11.1. The Labute approximate surface area is 225 Å². The summed E-state index contributed by atoms with van der Waals surface area (Å²) in [6, 6.07) is 9.41. The number of hydrogen-bond acceptors (Lipinski definition) is 8. The Hall–Kier alpha value is -4.01. The van der Waals surface area contributed by atoms with Crippen molar-refractivity contribution in [2.75, 3.05) is 25.0 Å². The number of aliphatic hydroxyl groups is 2. The molecule has 4 heterocycles. The van der Waals surface area contributed by atoms with Crippen molar-refractivity contribution < 1.29 is 19.8 Å². The molecule has 0 unspecified atom stereocenters. The molecule has 0 radical (unpaired) electrons. The number of fused-ring (bicyclic) bond motifs is 4. The van der Waals surface area contributed by atoms with Gasteiger partial charge < -0.3 is 25.7 Å². The second-order valence-electron chi connectivity index (χ2n) is 11.1. The summed E-state index contributed by atoms with van der Waals surface area (Å²) >= 11 is 0. The summed E-state index contributed by atoms with van der Waals surface area (Å²) < 4.78 is 1.70. The number of amides is 2. The van der Waals surface area contributed by atoms with Crippen molar-refractivity contribution in [1.29, 1.82) is 5.26 Å². The summed E-state index contributed by atoms with van der Waals surface area (Å²) in [4.78, 5) is 32.0. The Kier molecular flexibility index (Phi) is 6.24. The van der Waals surface area contributed by atoms with Crippen molar-refractivity contribution in [3.63, 3.8) is 0 Å². The van der Waals surface area contributed by atoms with Crippen LogP contribution >= 0.6 is 0 Å². The van der Waals surface area contributed by atoms with Crippen LogP contribution < -0.4 is 10.6 Å². The van der Waals surface area contributed by atoms with Crippen LogP contribution in [0.15, 0.2) is 36.7 Å². The van der Waals surface area contributed by atoms with E-state index < -0.39 is 17.6 Å². The molecule has 4 aliphatic rings. The van der Waals surface area contributed by atoms with E-state index in [-0.39, 0.29) is 24.5 Å². The molecule has 0 spiro atoms. The number of pyridine rings is 1. The van der Waals surface area contributed by atoms with Gasteiger partial charge in [-0.25, -0.2) is 4.52 Å². The topological polar surface area (TPSA) is 156 Å². The maximum atomic E-state index is 13.3. The van der Waals surface area contributed by atoms with Gasteiger partial charge in [-0.1, -0.05) is 0 Å². The zero-order valence-electron chi connectivity index (χ0n) is 21.6. The first-order valence-corrected chi connectivity index (χ1v) is 13.4. The van der Waals surface area contributed by atoms with Gasteiger partial charge >= 0.3 is 0 Å². The summed E-state index contributed by atoms with van der Waals surface area (Å²) in [5.74, 6) is -0.653. The largest absolute Gasteiger partial charge is 0.391 e. The van der Waals surface area contributed by atoms with Gasteiger partial charge in [-0.15, -0.1) is 0 Å². The van der Waals surface area contributed by atoms with Crippen LogP contribution in [0.25, 0.3) is 16.9 Å². The Morgan fingerprint density at radius 1 is 1.13 bits per heavy atom. The molecule has 39 heavy (non-hydrogen) atoms. The minimum Gasteiger partial charge on any atom is -0.391 e. The molecule has 3 aromatic heterocycles. The number of rotatable bonds is 6. The third-order valence-electron chi connectivity index (χ3n) is 8.56. The lowest BCUT2D eigenvalue weighted by atomic mass is 9.63. The molecular formula is C28H31N7O4. The van der Waals surface area contributed by atoms with Gasteiger partial charge in [-0.05, 0) is 69.2 Å². The minimum absolute atomic E-state index is 0.167. The first-order valence-electron chi connectivity index (χ1n) is 13.4. The molecule has 2 amide bonds. The van der Waals surface area contributed by atoms with E-state index in [1.165, 1.54) is 12.4 Å². The lowest BCUT2D eigenvalue weighted by molar-refractivity contribution is -0.129. The van der Waals surface area contributed by atoms with E-state index in [0.717, 1.165) is 24.8 Å². The highest BCUT2D eigenvalue weighted by molar-refractivity contribution is 6.01. The second kappa shape index (κ2) is 9.63. The van der Waals surface area contributed by atoms with Gasteiger partial charge in [0.2, 0.25) is 5.91 Å². The molecule has 4 N–H and O–H groups in total. The first-order chi connectivity index (χ1) is 18.8. The van der Waals surface area contributed by atoms with Crippen molar-refractivity contribution in [3.8, 4) is 17.5 Å². The first kappa shape index (κ1) is 25.3. The van der Waals surface area contributed by atoms with Crippen LogP contribution in [0.5, 0.6) is 0 Å². The highest BCUT2D eigenvalue weighted by Crippen LogP contribution is 2.48. The lowest BCUT2D eigenvalue weighted by Gasteiger charge is -2.51. The molecule has 11 heteroatoms. The number of β-amino-alcohol motifs (C(OH)–C–C–N with tert-alkyl or cyclic N) is 1. The fraction of sp³-hybridized carbons (Fsp3) is 0.464. The number of carbonyl (C=O) groups is 2. The van der Waals surface area contributed by atoms with E-state index in [4.69, 9.17) is 0 Å². The zero-order valence-corrected chi connectivity index (χ0v) is 21.6. The molecule has 2 bridgehead atoms. The number of carbonyl (C=O) groups excluding carboxylic acids is 2. The van der Waals surface area contributed by atoms with Crippen LogP contribution in [0.2, 0.25) is 0 Å². The number of nitrogens with one attached hydrogen (secondary N) is 2. The van der Waals surface area contributed by atoms with E-state index in [0.29, 0.717) is 60.4 Å². The van der Waals surface area contributed by atoms with Gasteiger partial charge in [0.1, 0.15) is 6.07 Å². The van der Waals surface area contributed by atoms with Crippen LogP contribution in [-0.4, -0.2) is 78.4 Å². The molecule has 3 saturated carbocycles. The molecule has 1 aliphatic heterocycles. The number of nitriles is 1. The molecule has 4 fully saturated rings. The maximum absolute atomic E-state index is 13.3. The fourth-order valence-electron chi connectivity index (χ4n) is 6.10. The Morgan fingerprint density at radius 2 is 1.90 bits per heavy atom. The summed E-state index contributed by atoms with van der Waals surface area (Å²) in [6.45, 7) is 0.587. The number of anilines is 1. The Balaban J connectivity index is 1.30. The molecule has 3 aliphatic carbocycles. The monoisotopic (exact) mass is 529 g/mol. The SMILES string of the molecule is N#Cc1cnn2c(-c3cc(NC45CCC(O)(CC4)CC5)c(C(=O)NCC(=O)N4CC[C@H](O)C4)cn3)ccc2c1. The van der Waals surface area contributed by atoms with Gasteiger partial charge in [0.05, 0.1) is 58.2 Å². The number of aromatic nitrogens is 3. The van der Waals surface area contributed by atoms with Crippen LogP contribution in [0, 0.1) is 11.3 Å². The van der Waals surface area contributed by atoms with Gasteiger partial charge in [-0.3, -0.25) is 14.6 Å². The van der Waals surface area contributed by atoms with Crippen LogP contribution in [0.4, 0.5) is 5.69 Å². The predicted octanol–water partition coefficient (Wildman–Crippen LogP) is 1.84. The van der Waals surface area contributed by atoms with E-state index in [1.807, 2.05) is 18.2 Å². The zero-order chi connectivity index (χ0) is 27.2. The van der Waals surface area contributed by atoms with Gasteiger partial charge in [0.25, 0.3) is 5.91 Å². The molecule has 7 rings (SSSR count). The molecule has 0 aromatic carbocycles. The predicted molar refractivity (Wildman–Crippen MR) is 142 cm³/mol. The van der Waals surface area contributed by atoms with Crippen LogP contribution in [-0.2, 0) is 4.79 Å². The number of aliphatic hydroxyl groups excluding tert-OH is 1. The Morgan fingerprint density at radius 3 is 2.59 bits per heavy atom. The Bertz CT molecular complexity index is 1470. The molecule has 202 valence electrons. The molecule has 1 saturated heterocycles. The van der Waals surface area contributed by atoms with Gasteiger partial charge in [0.15, 0.2) is 0 Å². The normalized spacial score (nSPS) is 26.0. The standard InChI is InChI=1S/C28H31N7O4/c29-13-18-11-19-1-2-24(35(19)32-14-18)23-12-22(33-27-4-7-28(39,8-5-27)9-6-27)21(15-30-23)26(38)31-16-25(37)34-10-3-20(36)17-34/h1-2,11-12,14-15,20,36,39H,3-10,16-17H2,(H,30,33)(H,31,38)/t20-,27?,28?/m0/s1. The maximum Gasteiger partial charge on any atom is 0.255 e. The number of hydrogen-bond donors (Lipinski definition) is 4. The summed E-state index contributed by atoms with van der Waals surface area (Å²) in [6.07, 6.45) is 7.55. The third kappa shape index (κ3) is 4.82. The number of nitrogens with zero attached hydrogens (tertiary/aromatic N) is 5. The van der Waals surface area contributed by atoms with Crippen molar-refractivity contribution in [1.82, 2.24) is 24.8 Å². The smallest absolute Gasteiger partial charge is 0.255 e. The highest BCUT2D eigenvalue weighted by atomic mass is 16.3. The molecule has 1 atom stereocenters. The molecular weight excluding hydrogens is 498 g/mol. The number of likely N-dealkylation sites (tertiary alicyclic amines) is 1. The summed E-state index contributed by atoms with van der Waals surface area (Å²) in [7, 11) is 0. The van der Waals surface area contributed by atoms with E-state index in [1.54, 1.807) is 15.5 Å². The van der Waals surface area contributed by atoms with Crippen molar-refractivity contribution in [2.24, 2.45) is 0 Å². The minimum atomic E-state index is -0.588. The molecule has 3 aromatic rings. The van der Waals surface area contributed by atoms with Gasteiger partial charge in [0, 0.05) is 24.8 Å².